The van der Waals surface area contributed by atoms with Gasteiger partial charge >= 0.3 is 0 Å². The van der Waals surface area contributed by atoms with Gasteiger partial charge in [0.2, 0.25) is 5.76 Å². The molecule has 2 aromatic carbocycles. The third-order valence-electron chi connectivity index (χ3n) is 5.38. The van der Waals surface area contributed by atoms with Crippen LogP contribution in [0.15, 0.2) is 76.2 Å². The number of benzene rings is 2. The number of aryl methyl sites for hydroxylation is 1. The van der Waals surface area contributed by atoms with Gasteiger partial charge in [-0.3, -0.25) is 14.6 Å². The van der Waals surface area contributed by atoms with Gasteiger partial charge < -0.3 is 9.32 Å². The van der Waals surface area contributed by atoms with Gasteiger partial charge in [0.05, 0.1) is 17.0 Å². The van der Waals surface area contributed by atoms with Crippen molar-refractivity contribution in [3.8, 4) is 0 Å². The van der Waals surface area contributed by atoms with Crippen molar-refractivity contribution in [3.63, 3.8) is 0 Å². The van der Waals surface area contributed by atoms with Crippen LogP contribution in [-0.2, 0) is 6.54 Å². The molecule has 0 saturated carbocycles. The van der Waals surface area contributed by atoms with Crippen LogP contribution in [0, 0.1) is 12.7 Å². The normalized spacial score (nSPS) is 15.6. The van der Waals surface area contributed by atoms with E-state index in [4.69, 9.17) is 4.42 Å². The second-order valence-corrected chi connectivity index (χ2v) is 7.42. The van der Waals surface area contributed by atoms with E-state index in [0.717, 1.165) is 11.1 Å². The maximum absolute atomic E-state index is 13.6. The Kier molecular flexibility index (Phi) is 4.20. The smallest absolute Gasteiger partial charge is 0.291 e. The fraction of sp³-hybridized carbons (Fsp3) is 0.125. The zero-order valence-electron chi connectivity index (χ0n) is 16.1. The molecule has 148 valence electrons. The van der Waals surface area contributed by atoms with Crippen LogP contribution in [0.2, 0.25) is 0 Å². The van der Waals surface area contributed by atoms with Crippen LogP contribution in [0.3, 0.4) is 0 Å². The lowest BCUT2D eigenvalue weighted by Gasteiger charge is -2.25. The van der Waals surface area contributed by atoms with Gasteiger partial charge in [-0.05, 0) is 48.4 Å². The number of pyridine rings is 1. The highest BCUT2D eigenvalue weighted by Crippen LogP contribution is 2.39. The summed E-state index contributed by atoms with van der Waals surface area (Å²) >= 11 is 0. The third kappa shape index (κ3) is 2.88. The molecule has 0 radical (unpaired) electrons. The molecule has 1 aliphatic heterocycles. The Bertz CT molecular complexity index is 1330. The molecule has 1 aliphatic rings. The predicted molar refractivity (Wildman–Crippen MR) is 110 cm³/mol. The molecule has 0 saturated heterocycles. The molecular weight excluding hydrogens is 383 g/mol. The van der Waals surface area contributed by atoms with Crippen molar-refractivity contribution in [2.24, 2.45) is 0 Å². The van der Waals surface area contributed by atoms with E-state index in [9.17, 15) is 14.0 Å². The van der Waals surface area contributed by atoms with Crippen LogP contribution in [0.4, 0.5) is 4.39 Å². The van der Waals surface area contributed by atoms with Gasteiger partial charge in [-0.15, -0.1) is 0 Å². The maximum Gasteiger partial charge on any atom is 0.291 e. The molecule has 5 rings (SSSR count). The average Bonchev–Trinajstić information content (AvgIpc) is 3.02. The van der Waals surface area contributed by atoms with Gasteiger partial charge in [-0.2, -0.15) is 0 Å². The van der Waals surface area contributed by atoms with Crippen molar-refractivity contribution in [1.29, 1.82) is 0 Å². The van der Waals surface area contributed by atoms with Crippen molar-refractivity contribution in [1.82, 2.24) is 9.88 Å². The molecule has 0 bridgehead atoms. The molecule has 3 heterocycles. The van der Waals surface area contributed by atoms with Crippen molar-refractivity contribution >= 4 is 16.9 Å². The number of nitrogens with zero attached hydrogens (tertiary/aromatic N) is 2. The third-order valence-corrected chi connectivity index (χ3v) is 5.38. The average molecular weight is 400 g/mol. The quantitative estimate of drug-likeness (QED) is 0.512. The Morgan fingerprint density at radius 1 is 1.10 bits per heavy atom. The molecule has 30 heavy (non-hydrogen) atoms. The van der Waals surface area contributed by atoms with Gasteiger partial charge in [-0.25, -0.2) is 4.39 Å². The van der Waals surface area contributed by atoms with E-state index in [-0.39, 0.29) is 35.0 Å². The van der Waals surface area contributed by atoms with Crippen molar-refractivity contribution < 1.29 is 13.6 Å². The molecular formula is C24H17FN2O3. The first-order valence-corrected chi connectivity index (χ1v) is 9.55. The summed E-state index contributed by atoms with van der Waals surface area (Å²) in [5, 5.41) is 0.428. The van der Waals surface area contributed by atoms with E-state index in [2.05, 4.69) is 4.98 Å². The molecule has 6 heteroatoms. The second kappa shape index (κ2) is 6.91. The highest BCUT2D eigenvalue weighted by molar-refractivity contribution is 5.99. The highest BCUT2D eigenvalue weighted by atomic mass is 19.1. The molecule has 0 N–H and O–H groups in total. The number of carbonyl (C=O) groups is 1. The lowest BCUT2D eigenvalue weighted by molar-refractivity contribution is 0.0714. The molecule has 0 unspecified atom stereocenters. The second-order valence-electron chi connectivity index (χ2n) is 7.42. The topological polar surface area (TPSA) is 63.4 Å². The largest absolute Gasteiger partial charge is 0.450 e. The van der Waals surface area contributed by atoms with Crippen molar-refractivity contribution in [2.75, 3.05) is 0 Å². The Morgan fingerprint density at radius 2 is 1.90 bits per heavy atom. The monoisotopic (exact) mass is 400 g/mol. The Morgan fingerprint density at radius 3 is 2.63 bits per heavy atom. The van der Waals surface area contributed by atoms with Gasteiger partial charge in [0, 0.05) is 18.9 Å². The SMILES string of the molecule is Cc1ccc2oc3c(c(=O)c2c1)[C@H](c1ccc(F)cc1)N(Cc1cccnc1)C3=O. The minimum atomic E-state index is -0.672. The Balaban J connectivity index is 1.74. The molecule has 4 aromatic rings. The summed E-state index contributed by atoms with van der Waals surface area (Å²) < 4.78 is 19.5. The van der Waals surface area contributed by atoms with Crippen LogP contribution in [0.5, 0.6) is 0 Å². The van der Waals surface area contributed by atoms with Crippen LogP contribution < -0.4 is 5.43 Å². The molecule has 0 fully saturated rings. The number of aromatic nitrogens is 1. The molecule has 5 nitrogen and oxygen atoms in total. The predicted octanol–water partition coefficient (Wildman–Crippen LogP) is 4.38. The number of amides is 1. The molecule has 1 amide bonds. The summed E-state index contributed by atoms with van der Waals surface area (Å²) in [7, 11) is 0. The minimum absolute atomic E-state index is 0.0366. The highest BCUT2D eigenvalue weighted by Gasteiger charge is 2.42. The van der Waals surface area contributed by atoms with Crippen molar-refractivity contribution in [3.05, 3.63) is 111 Å². The van der Waals surface area contributed by atoms with Crippen molar-refractivity contribution in [2.45, 2.75) is 19.5 Å². The van der Waals surface area contributed by atoms with Crippen LogP contribution in [0.25, 0.3) is 11.0 Å². The lowest BCUT2D eigenvalue weighted by Crippen LogP contribution is -2.29. The number of hydrogen-bond donors (Lipinski definition) is 0. The van der Waals surface area contributed by atoms with Gasteiger partial charge in [-0.1, -0.05) is 29.8 Å². The van der Waals surface area contributed by atoms with Crippen LogP contribution in [-0.4, -0.2) is 15.8 Å². The summed E-state index contributed by atoms with van der Waals surface area (Å²) in [5.74, 6) is -0.722. The summed E-state index contributed by atoms with van der Waals surface area (Å²) in [5.41, 5.74) is 2.80. The van der Waals surface area contributed by atoms with Crippen LogP contribution >= 0.6 is 0 Å². The zero-order valence-corrected chi connectivity index (χ0v) is 16.1. The minimum Gasteiger partial charge on any atom is -0.450 e. The zero-order chi connectivity index (χ0) is 20.8. The fourth-order valence-electron chi connectivity index (χ4n) is 3.98. The van der Waals surface area contributed by atoms with E-state index in [1.165, 1.54) is 12.1 Å². The maximum atomic E-state index is 13.6. The standard InChI is InChI=1S/C24H17FN2O3/c1-14-4-9-19-18(11-14)22(28)20-21(16-5-7-17(25)8-6-16)27(24(29)23(20)30-19)13-15-3-2-10-26-12-15/h2-12,21H,13H2,1H3/t21-/m0/s1. The Hall–Kier alpha value is -3.80. The molecule has 0 aliphatic carbocycles. The fourth-order valence-corrected chi connectivity index (χ4v) is 3.98. The van der Waals surface area contributed by atoms with E-state index in [1.54, 1.807) is 47.6 Å². The summed E-state index contributed by atoms with van der Waals surface area (Å²) in [6.07, 6.45) is 3.33. The number of hydrogen-bond acceptors (Lipinski definition) is 4. The summed E-state index contributed by atoms with van der Waals surface area (Å²) in [6, 6.07) is 14.1. The first-order valence-electron chi connectivity index (χ1n) is 9.55. The Labute approximate surface area is 171 Å². The summed E-state index contributed by atoms with van der Waals surface area (Å²) in [4.78, 5) is 32.4. The van der Waals surface area contributed by atoms with Gasteiger partial charge in [0.1, 0.15) is 11.4 Å². The van der Waals surface area contributed by atoms with E-state index in [1.807, 2.05) is 19.1 Å². The molecule has 2 aromatic heterocycles. The molecule has 0 spiro atoms. The van der Waals surface area contributed by atoms with E-state index < -0.39 is 6.04 Å². The van der Waals surface area contributed by atoms with E-state index >= 15 is 0 Å². The lowest BCUT2D eigenvalue weighted by atomic mass is 9.98. The number of halogens is 1. The van der Waals surface area contributed by atoms with Gasteiger partial charge in [0.15, 0.2) is 5.43 Å². The molecule has 1 atom stereocenters. The van der Waals surface area contributed by atoms with Crippen LogP contribution in [0.1, 0.15) is 38.9 Å². The van der Waals surface area contributed by atoms with Gasteiger partial charge in [0.25, 0.3) is 5.91 Å². The number of rotatable bonds is 3. The first kappa shape index (κ1) is 18.2. The number of carbonyl (C=O) groups excluding carboxylic acids is 1. The summed E-state index contributed by atoms with van der Waals surface area (Å²) in [6.45, 7) is 2.14. The first-order chi connectivity index (χ1) is 14.5. The van der Waals surface area contributed by atoms with E-state index in [0.29, 0.717) is 16.5 Å². The number of fused-ring (bicyclic) bond motifs is 2.